The summed E-state index contributed by atoms with van der Waals surface area (Å²) in [6, 6.07) is 0.995. The van der Waals surface area contributed by atoms with Gasteiger partial charge in [0.1, 0.15) is 0 Å². The molecule has 70 valence electrons. The molecule has 0 spiro atoms. The van der Waals surface area contributed by atoms with E-state index in [4.69, 9.17) is 5.73 Å². The van der Waals surface area contributed by atoms with Gasteiger partial charge in [-0.2, -0.15) is 0 Å². The molecule has 2 aliphatic rings. The van der Waals surface area contributed by atoms with Gasteiger partial charge in [0.15, 0.2) is 0 Å². The van der Waals surface area contributed by atoms with Gasteiger partial charge in [-0.15, -0.1) is 0 Å². The van der Waals surface area contributed by atoms with Gasteiger partial charge in [-0.3, -0.25) is 0 Å². The quantitative estimate of drug-likeness (QED) is 0.648. The Labute approximate surface area is 74.9 Å². The zero-order valence-corrected chi connectivity index (χ0v) is 7.92. The lowest BCUT2D eigenvalue weighted by Gasteiger charge is -2.34. The van der Waals surface area contributed by atoms with Crippen molar-refractivity contribution < 1.29 is 0 Å². The number of rotatable bonds is 2. The minimum absolute atomic E-state index is 0.411. The summed E-state index contributed by atoms with van der Waals surface area (Å²) in [5.74, 6) is 1.91. The maximum Gasteiger partial charge on any atom is 0.0216 e. The van der Waals surface area contributed by atoms with Gasteiger partial charge in [0, 0.05) is 12.1 Å². The number of hydrogen-bond acceptors (Lipinski definition) is 2. The summed E-state index contributed by atoms with van der Waals surface area (Å²) in [6.07, 6.45) is 5.35. The van der Waals surface area contributed by atoms with Crippen molar-refractivity contribution in [3.63, 3.8) is 0 Å². The second-order valence-electron chi connectivity index (χ2n) is 4.42. The minimum Gasteiger partial charge on any atom is -0.326 e. The molecule has 0 aromatic carbocycles. The molecule has 12 heavy (non-hydrogen) atoms. The van der Waals surface area contributed by atoms with Crippen LogP contribution in [0.2, 0.25) is 0 Å². The summed E-state index contributed by atoms with van der Waals surface area (Å²) < 4.78 is 0. The van der Waals surface area contributed by atoms with Crippen LogP contribution in [0.15, 0.2) is 0 Å². The normalized spacial score (nSPS) is 43.0. The van der Waals surface area contributed by atoms with Gasteiger partial charge >= 0.3 is 0 Å². The molecule has 0 bridgehead atoms. The van der Waals surface area contributed by atoms with Crippen LogP contribution in [0.1, 0.15) is 32.6 Å². The first-order valence-corrected chi connectivity index (χ1v) is 5.30. The number of nitrogens with two attached hydrogens (primary N) is 1. The molecule has 0 aromatic heterocycles. The van der Waals surface area contributed by atoms with Crippen molar-refractivity contribution in [2.75, 3.05) is 6.54 Å². The molecule has 3 atom stereocenters. The molecular weight excluding hydrogens is 148 g/mol. The summed E-state index contributed by atoms with van der Waals surface area (Å²) in [6.45, 7) is 3.44. The van der Waals surface area contributed by atoms with E-state index in [1.54, 1.807) is 0 Å². The fourth-order valence-electron chi connectivity index (χ4n) is 2.43. The molecule has 0 aromatic rings. The minimum atomic E-state index is 0.411. The van der Waals surface area contributed by atoms with E-state index in [9.17, 15) is 0 Å². The Hall–Kier alpha value is -0.0800. The van der Waals surface area contributed by atoms with Gasteiger partial charge < -0.3 is 11.1 Å². The van der Waals surface area contributed by atoms with Crippen molar-refractivity contribution in [3.05, 3.63) is 0 Å². The zero-order chi connectivity index (χ0) is 8.55. The highest BCUT2D eigenvalue weighted by molar-refractivity contribution is 4.93. The van der Waals surface area contributed by atoms with Gasteiger partial charge in [-0.25, -0.2) is 0 Å². The van der Waals surface area contributed by atoms with Crippen molar-refractivity contribution in [2.24, 2.45) is 17.6 Å². The molecule has 0 amide bonds. The Morgan fingerprint density at radius 1 is 1.33 bits per heavy atom. The van der Waals surface area contributed by atoms with E-state index in [-0.39, 0.29) is 0 Å². The third-order valence-corrected chi connectivity index (χ3v) is 3.46. The number of nitrogens with one attached hydrogen (secondary N) is 1. The Balaban J connectivity index is 1.84. The summed E-state index contributed by atoms with van der Waals surface area (Å²) >= 11 is 0. The van der Waals surface area contributed by atoms with Crippen molar-refractivity contribution in [1.29, 1.82) is 0 Å². The monoisotopic (exact) mass is 168 g/mol. The lowest BCUT2D eigenvalue weighted by molar-refractivity contribution is 0.248. The van der Waals surface area contributed by atoms with Gasteiger partial charge in [0.05, 0.1) is 0 Å². The van der Waals surface area contributed by atoms with Crippen LogP contribution in [0.25, 0.3) is 0 Å². The van der Waals surface area contributed by atoms with Crippen molar-refractivity contribution >= 4 is 0 Å². The van der Waals surface area contributed by atoms with Crippen molar-refractivity contribution in [2.45, 2.75) is 44.7 Å². The lowest BCUT2D eigenvalue weighted by atomic mass is 9.86. The molecule has 1 heterocycles. The molecule has 2 heteroatoms. The largest absolute Gasteiger partial charge is 0.326 e. The Morgan fingerprint density at radius 3 is 2.58 bits per heavy atom. The van der Waals surface area contributed by atoms with Gasteiger partial charge in [0.2, 0.25) is 0 Å². The highest BCUT2D eigenvalue weighted by Crippen LogP contribution is 2.40. The SMILES string of the molecule is CCC1NCC(C2CC2)CC1N. The number of hydrogen-bond donors (Lipinski definition) is 2. The molecule has 2 nitrogen and oxygen atoms in total. The van der Waals surface area contributed by atoms with Crippen LogP contribution >= 0.6 is 0 Å². The molecule has 1 aliphatic carbocycles. The van der Waals surface area contributed by atoms with E-state index in [0.717, 1.165) is 11.8 Å². The summed E-state index contributed by atoms with van der Waals surface area (Å²) in [4.78, 5) is 0. The number of piperidine rings is 1. The standard InChI is InChI=1S/C10H20N2/c1-2-10-9(11)5-8(6-12-10)7-3-4-7/h7-10,12H,2-6,11H2,1H3. The second kappa shape index (κ2) is 3.35. The van der Waals surface area contributed by atoms with Crippen LogP contribution in [0, 0.1) is 11.8 Å². The molecule has 3 N–H and O–H groups in total. The maximum absolute atomic E-state index is 6.08. The zero-order valence-electron chi connectivity index (χ0n) is 7.92. The van der Waals surface area contributed by atoms with E-state index in [2.05, 4.69) is 12.2 Å². The fraction of sp³-hybridized carbons (Fsp3) is 1.00. The van der Waals surface area contributed by atoms with Crippen LogP contribution in [0.5, 0.6) is 0 Å². The third kappa shape index (κ3) is 1.64. The van der Waals surface area contributed by atoms with Gasteiger partial charge in [0.25, 0.3) is 0 Å². The van der Waals surface area contributed by atoms with Crippen LogP contribution in [-0.2, 0) is 0 Å². The van der Waals surface area contributed by atoms with Gasteiger partial charge in [-0.05, 0) is 44.1 Å². The average Bonchev–Trinajstić information content (AvgIpc) is 2.86. The smallest absolute Gasteiger partial charge is 0.0216 e. The molecular formula is C10H20N2. The topological polar surface area (TPSA) is 38.0 Å². The van der Waals surface area contributed by atoms with Crippen LogP contribution in [0.3, 0.4) is 0 Å². The first-order valence-electron chi connectivity index (χ1n) is 5.30. The Morgan fingerprint density at radius 2 is 2.08 bits per heavy atom. The summed E-state index contributed by atoms with van der Waals surface area (Å²) in [7, 11) is 0. The molecule has 2 rings (SSSR count). The van der Waals surface area contributed by atoms with E-state index >= 15 is 0 Å². The van der Waals surface area contributed by atoms with Crippen molar-refractivity contribution in [1.82, 2.24) is 5.32 Å². The molecule has 1 aliphatic heterocycles. The average molecular weight is 168 g/mol. The predicted molar refractivity (Wildman–Crippen MR) is 50.9 cm³/mol. The predicted octanol–water partition coefficient (Wildman–Crippen LogP) is 1.11. The Kier molecular flexibility index (Phi) is 2.37. The fourth-order valence-corrected chi connectivity index (χ4v) is 2.43. The first-order chi connectivity index (χ1) is 5.81. The van der Waals surface area contributed by atoms with Crippen LogP contribution < -0.4 is 11.1 Å². The highest BCUT2D eigenvalue weighted by Gasteiger charge is 2.36. The van der Waals surface area contributed by atoms with Gasteiger partial charge in [-0.1, -0.05) is 6.92 Å². The molecule has 3 unspecified atom stereocenters. The summed E-state index contributed by atoms with van der Waals surface area (Å²) in [5, 5.41) is 3.56. The van der Waals surface area contributed by atoms with E-state index < -0.39 is 0 Å². The van der Waals surface area contributed by atoms with E-state index in [1.807, 2.05) is 0 Å². The van der Waals surface area contributed by atoms with E-state index in [0.29, 0.717) is 12.1 Å². The lowest BCUT2D eigenvalue weighted by Crippen LogP contribution is -2.52. The first kappa shape index (κ1) is 8.52. The highest BCUT2D eigenvalue weighted by atomic mass is 15.0. The molecule has 0 radical (unpaired) electrons. The maximum atomic E-state index is 6.08. The van der Waals surface area contributed by atoms with E-state index in [1.165, 1.54) is 32.2 Å². The van der Waals surface area contributed by atoms with Crippen LogP contribution in [-0.4, -0.2) is 18.6 Å². The Bertz CT molecular complexity index is 154. The van der Waals surface area contributed by atoms with Crippen LogP contribution in [0.4, 0.5) is 0 Å². The third-order valence-electron chi connectivity index (χ3n) is 3.46. The molecule has 1 saturated heterocycles. The summed E-state index contributed by atoms with van der Waals surface area (Å²) in [5.41, 5.74) is 6.08. The molecule has 2 fully saturated rings. The molecule has 1 saturated carbocycles. The second-order valence-corrected chi connectivity index (χ2v) is 4.42. The van der Waals surface area contributed by atoms with Crippen molar-refractivity contribution in [3.8, 4) is 0 Å².